The van der Waals surface area contributed by atoms with Crippen LogP contribution in [0.1, 0.15) is 12.0 Å². The molecule has 2 amide bonds. The quantitative estimate of drug-likeness (QED) is 0.726. The highest BCUT2D eigenvalue weighted by molar-refractivity contribution is 5.89. The van der Waals surface area contributed by atoms with Crippen molar-refractivity contribution in [3.8, 4) is 11.5 Å². The number of hydrogen-bond donors (Lipinski definition) is 1. The molecule has 2 aromatic carbocycles. The Balaban J connectivity index is 1.43. The van der Waals surface area contributed by atoms with Crippen molar-refractivity contribution in [1.82, 2.24) is 10.2 Å². The van der Waals surface area contributed by atoms with Crippen LogP contribution in [-0.2, 0) is 16.1 Å². The Morgan fingerprint density at radius 3 is 2.56 bits per heavy atom. The normalized spacial score (nSPS) is 16.3. The fourth-order valence-corrected chi connectivity index (χ4v) is 3.12. The van der Waals surface area contributed by atoms with Gasteiger partial charge < -0.3 is 19.7 Å². The van der Waals surface area contributed by atoms with Gasteiger partial charge in [0.25, 0.3) is 0 Å². The second-order valence-corrected chi connectivity index (χ2v) is 6.45. The Bertz CT molecular complexity index is 779. The van der Waals surface area contributed by atoms with Gasteiger partial charge in [0.15, 0.2) is 11.5 Å². The van der Waals surface area contributed by atoms with Gasteiger partial charge in [-0.2, -0.15) is 0 Å². The summed E-state index contributed by atoms with van der Waals surface area (Å²) in [4.78, 5) is 26.3. The molecule has 1 N–H and O–H groups in total. The Morgan fingerprint density at radius 2 is 1.81 bits per heavy atom. The molecule has 2 aromatic rings. The lowest BCUT2D eigenvalue weighted by Crippen LogP contribution is -2.35. The van der Waals surface area contributed by atoms with Crippen LogP contribution >= 0.6 is 0 Å². The minimum atomic E-state index is -0.313. The summed E-state index contributed by atoms with van der Waals surface area (Å²) in [5.41, 5.74) is 1.07. The van der Waals surface area contributed by atoms with Crippen molar-refractivity contribution in [3.05, 3.63) is 60.2 Å². The summed E-state index contributed by atoms with van der Waals surface area (Å²) in [7, 11) is 1.59. The average Bonchev–Trinajstić information content (AvgIpc) is 3.06. The van der Waals surface area contributed by atoms with Crippen molar-refractivity contribution < 1.29 is 19.1 Å². The zero-order valence-corrected chi connectivity index (χ0v) is 15.4. The van der Waals surface area contributed by atoms with E-state index in [1.165, 1.54) is 0 Å². The predicted octanol–water partition coefficient (Wildman–Crippen LogP) is 2.24. The van der Waals surface area contributed by atoms with E-state index in [1.54, 1.807) is 12.0 Å². The summed E-state index contributed by atoms with van der Waals surface area (Å²) < 4.78 is 10.9. The number of nitrogens with one attached hydrogen (secondary N) is 1. The standard InChI is InChI=1S/C21H24N2O4/c1-26-18-9-5-6-10-19(18)27-12-11-22-21(25)17-13-20(24)23(15-17)14-16-7-3-2-4-8-16/h2-10,17H,11-15H2,1H3,(H,22,25)/t17-/m1/s1. The van der Waals surface area contributed by atoms with Gasteiger partial charge in [-0.25, -0.2) is 0 Å². The number of rotatable bonds is 8. The number of nitrogens with zero attached hydrogens (tertiary/aromatic N) is 1. The van der Waals surface area contributed by atoms with E-state index >= 15 is 0 Å². The van der Waals surface area contributed by atoms with Crippen molar-refractivity contribution >= 4 is 11.8 Å². The van der Waals surface area contributed by atoms with Crippen LogP contribution in [0, 0.1) is 5.92 Å². The molecule has 1 aliphatic rings. The lowest BCUT2D eigenvalue weighted by Gasteiger charge is -2.16. The molecule has 0 aromatic heterocycles. The fraction of sp³-hybridized carbons (Fsp3) is 0.333. The van der Waals surface area contributed by atoms with E-state index in [2.05, 4.69) is 5.32 Å². The highest BCUT2D eigenvalue weighted by atomic mass is 16.5. The summed E-state index contributed by atoms with van der Waals surface area (Å²) in [5, 5.41) is 2.85. The van der Waals surface area contributed by atoms with Crippen molar-refractivity contribution in [2.45, 2.75) is 13.0 Å². The molecule has 0 aliphatic carbocycles. The van der Waals surface area contributed by atoms with Crippen LogP contribution in [0.15, 0.2) is 54.6 Å². The minimum Gasteiger partial charge on any atom is -0.493 e. The second kappa shape index (κ2) is 9.07. The number of hydrogen-bond acceptors (Lipinski definition) is 4. The Hall–Kier alpha value is -3.02. The summed E-state index contributed by atoms with van der Waals surface area (Å²) in [6.07, 6.45) is 0.256. The number of ether oxygens (including phenoxy) is 2. The first-order valence-electron chi connectivity index (χ1n) is 9.02. The molecule has 6 heteroatoms. The van der Waals surface area contributed by atoms with Crippen LogP contribution in [-0.4, -0.2) is 43.5 Å². The molecule has 3 rings (SSSR count). The third-order valence-electron chi connectivity index (χ3n) is 4.53. The highest BCUT2D eigenvalue weighted by Gasteiger charge is 2.33. The smallest absolute Gasteiger partial charge is 0.225 e. The van der Waals surface area contributed by atoms with Gasteiger partial charge in [0.05, 0.1) is 19.6 Å². The van der Waals surface area contributed by atoms with Crippen LogP contribution in [0.4, 0.5) is 0 Å². The SMILES string of the molecule is COc1ccccc1OCCNC(=O)[C@@H]1CC(=O)N(Cc2ccccc2)C1. The Labute approximate surface area is 159 Å². The maximum absolute atomic E-state index is 12.4. The van der Waals surface area contributed by atoms with Crippen LogP contribution < -0.4 is 14.8 Å². The van der Waals surface area contributed by atoms with Crippen molar-refractivity contribution in [2.24, 2.45) is 5.92 Å². The predicted molar refractivity (Wildman–Crippen MR) is 101 cm³/mol. The minimum absolute atomic E-state index is 0.0178. The van der Waals surface area contributed by atoms with Crippen LogP contribution in [0.5, 0.6) is 11.5 Å². The molecule has 1 atom stereocenters. The number of likely N-dealkylation sites (tertiary alicyclic amines) is 1. The lowest BCUT2D eigenvalue weighted by atomic mass is 10.1. The van der Waals surface area contributed by atoms with E-state index in [1.807, 2.05) is 54.6 Å². The second-order valence-electron chi connectivity index (χ2n) is 6.45. The zero-order valence-electron chi connectivity index (χ0n) is 15.4. The molecular weight excluding hydrogens is 344 g/mol. The van der Waals surface area contributed by atoms with Crippen LogP contribution in [0.25, 0.3) is 0 Å². The van der Waals surface area contributed by atoms with E-state index in [9.17, 15) is 9.59 Å². The van der Waals surface area contributed by atoms with E-state index < -0.39 is 0 Å². The maximum atomic E-state index is 12.4. The molecule has 0 spiro atoms. The van der Waals surface area contributed by atoms with Gasteiger partial charge in [0.2, 0.25) is 11.8 Å². The average molecular weight is 368 g/mol. The first-order chi connectivity index (χ1) is 13.2. The van der Waals surface area contributed by atoms with Gasteiger partial charge in [-0.3, -0.25) is 9.59 Å². The third kappa shape index (κ3) is 5.00. The number of para-hydroxylation sites is 2. The van der Waals surface area contributed by atoms with Gasteiger partial charge in [-0.05, 0) is 17.7 Å². The molecule has 0 bridgehead atoms. The number of carbonyl (C=O) groups is 2. The van der Waals surface area contributed by atoms with E-state index in [0.717, 1.165) is 5.56 Å². The zero-order chi connectivity index (χ0) is 19.1. The molecule has 1 saturated heterocycles. The molecule has 0 radical (unpaired) electrons. The first-order valence-corrected chi connectivity index (χ1v) is 9.02. The first kappa shape index (κ1) is 18.8. The largest absolute Gasteiger partial charge is 0.493 e. The lowest BCUT2D eigenvalue weighted by molar-refractivity contribution is -0.129. The molecule has 1 aliphatic heterocycles. The monoisotopic (exact) mass is 368 g/mol. The van der Waals surface area contributed by atoms with Gasteiger partial charge in [0, 0.05) is 19.5 Å². The number of amides is 2. The fourth-order valence-electron chi connectivity index (χ4n) is 3.12. The van der Waals surface area contributed by atoms with E-state index in [-0.39, 0.29) is 24.2 Å². The summed E-state index contributed by atoms with van der Waals surface area (Å²) in [5.74, 6) is 0.889. The van der Waals surface area contributed by atoms with Crippen molar-refractivity contribution in [3.63, 3.8) is 0 Å². The topological polar surface area (TPSA) is 67.9 Å². The van der Waals surface area contributed by atoms with Crippen LogP contribution in [0.2, 0.25) is 0 Å². The van der Waals surface area contributed by atoms with E-state index in [4.69, 9.17) is 9.47 Å². The maximum Gasteiger partial charge on any atom is 0.225 e. The summed E-state index contributed by atoms with van der Waals surface area (Å²) in [6.45, 7) is 1.70. The summed E-state index contributed by atoms with van der Waals surface area (Å²) in [6, 6.07) is 17.2. The number of methoxy groups -OCH3 is 1. The van der Waals surface area contributed by atoms with Gasteiger partial charge in [-0.15, -0.1) is 0 Å². The van der Waals surface area contributed by atoms with Crippen LogP contribution in [0.3, 0.4) is 0 Å². The van der Waals surface area contributed by atoms with Gasteiger partial charge in [-0.1, -0.05) is 42.5 Å². The van der Waals surface area contributed by atoms with Gasteiger partial charge >= 0.3 is 0 Å². The van der Waals surface area contributed by atoms with Gasteiger partial charge in [0.1, 0.15) is 6.61 Å². The molecule has 27 heavy (non-hydrogen) atoms. The van der Waals surface area contributed by atoms with Crippen molar-refractivity contribution in [2.75, 3.05) is 26.8 Å². The molecule has 0 unspecified atom stereocenters. The molecule has 6 nitrogen and oxygen atoms in total. The van der Waals surface area contributed by atoms with Crippen molar-refractivity contribution in [1.29, 1.82) is 0 Å². The molecule has 1 heterocycles. The summed E-state index contributed by atoms with van der Waals surface area (Å²) >= 11 is 0. The molecule has 142 valence electrons. The highest BCUT2D eigenvalue weighted by Crippen LogP contribution is 2.25. The third-order valence-corrected chi connectivity index (χ3v) is 4.53. The Morgan fingerprint density at radius 1 is 1.11 bits per heavy atom. The molecular formula is C21H24N2O4. The van der Waals surface area contributed by atoms with E-state index in [0.29, 0.717) is 37.7 Å². The molecule has 0 saturated carbocycles. The molecule has 1 fully saturated rings. The Kier molecular flexibility index (Phi) is 6.30. The number of benzene rings is 2. The number of carbonyl (C=O) groups excluding carboxylic acids is 2.